The summed E-state index contributed by atoms with van der Waals surface area (Å²) in [5.74, 6) is -0.133. The number of hydrogen-bond acceptors (Lipinski definition) is 4. The minimum Gasteiger partial charge on any atom is -0.399 e. The number of carbonyl (C=O) groups is 1. The summed E-state index contributed by atoms with van der Waals surface area (Å²) in [6.07, 6.45) is 1.65. The van der Waals surface area contributed by atoms with Crippen LogP contribution in [-0.4, -0.2) is 19.2 Å². The van der Waals surface area contributed by atoms with Gasteiger partial charge in [0.1, 0.15) is 12.0 Å². The third kappa shape index (κ3) is 4.15. The standard InChI is InChI=1S/C19H15BrN2O2S/c1-24-21-12-13-5-4-6-14(11-13)15-7-2-3-8-17(15)22-19(23)18-16(20)9-10-25-18/h2-12H,1H3,(H,22,23). The Kier molecular flexibility index (Phi) is 5.63. The molecule has 0 aliphatic rings. The number of nitrogens with one attached hydrogen (secondary N) is 1. The largest absolute Gasteiger partial charge is 0.399 e. The van der Waals surface area contributed by atoms with Crippen LogP contribution < -0.4 is 5.32 Å². The molecule has 0 radical (unpaired) electrons. The number of benzene rings is 2. The average Bonchev–Trinajstić information content (AvgIpc) is 3.07. The summed E-state index contributed by atoms with van der Waals surface area (Å²) < 4.78 is 0.797. The monoisotopic (exact) mass is 414 g/mol. The number of para-hydroxylation sites is 1. The fourth-order valence-electron chi connectivity index (χ4n) is 2.38. The van der Waals surface area contributed by atoms with Crippen LogP contribution in [0.15, 0.2) is 69.6 Å². The quantitative estimate of drug-likeness (QED) is 0.448. The van der Waals surface area contributed by atoms with Crippen LogP contribution in [0.2, 0.25) is 0 Å². The second-order valence-corrected chi connectivity index (χ2v) is 6.91. The Morgan fingerprint density at radius 3 is 2.80 bits per heavy atom. The van der Waals surface area contributed by atoms with Gasteiger partial charge in [0.25, 0.3) is 5.91 Å². The van der Waals surface area contributed by atoms with E-state index in [2.05, 4.69) is 26.4 Å². The summed E-state index contributed by atoms with van der Waals surface area (Å²) in [6.45, 7) is 0. The number of hydrogen-bond donors (Lipinski definition) is 1. The van der Waals surface area contributed by atoms with Crippen molar-refractivity contribution < 1.29 is 9.63 Å². The van der Waals surface area contributed by atoms with E-state index in [1.165, 1.54) is 18.4 Å². The van der Waals surface area contributed by atoms with Crippen molar-refractivity contribution in [2.24, 2.45) is 5.16 Å². The molecule has 2 aromatic carbocycles. The van der Waals surface area contributed by atoms with Gasteiger partial charge in [-0.1, -0.05) is 41.6 Å². The number of thiophene rings is 1. The highest BCUT2D eigenvalue weighted by atomic mass is 79.9. The van der Waals surface area contributed by atoms with Gasteiger partial charge in [-0.2, -0.15) is 0 Å². The van der Waals surface area contributed by atoms with Gasteiger partial charge in [0, 0.05) is 15.7 Å². The van der Waals surface area contributed by atoms with E-state index in [-0.39, 0.29) is 5.91 Å². The van der Waals surface area contributed by atoms with Crippen molar-refractivity contribution in [1.82, 2.24) is 0 Å². The number of oxime groups is 1. The summed E-state index contributed by atoms with van der Waals surface area (Å²) in [5.41, 5.74) is 3.60. The Hall–Kier alpha value is -2.44. The number of amides is 1. The molecule has 1 N–H and O–H groups in total. The Morgan fingerprint density at radius 1 is 1.20 bits per heavy atom. The molecule has 1 aromatic heterocycles. The molecule has 0 unspecified atom stereocenters. The first kappa shape index (κ1) is 17.4. The van der Waals surface area contributed by atoms with Gasteiger partial charge in [-0.05, 0) is 50.6 Å². The zero-order valence-electron chi connectivity index (χ0n) is 13.4. The lowest BCUT2D eigenvalue weighted by Crippen LogP contribution is -2.11. The molecule has 0 aliphatic heterocycles. The molecule has 0 atom stereocenters. The first-order valence-electron chi connectivity index (χ1n) is 7.49. The van der Waals surface area contributed by atoms with Crippen molar-refractivity contribution >= 4 is 45.1 Å². The molecule has 0 aliphatic carbocycles. The maximum absolute atomic E-state index is 12.5. The van der Waals surface area contributed by atoms with Crippen molar-refractivity contribution in [2.45, 2.75) is 0 Å². The smallest absolute Gasteiger partial charge is 0.266 e. The lowest BCUT2D eigenvalue weighted by atomic mass is 10.0. The van der Waals surface area contributed by atoms with E-state index in [1.54, 1.807) is 6.21 Å². The van der Waals surface area contributed by atoms with Crippen LogP contribution in [0.3, 0.4) is 0 Å². The first-order valence-corrected chi connectivity index (χ1v) is 9.16. The molecule has 0 spiro atoms. The van der Waals surface area contributed by atoms with Crippen LogP contribution in [0, 0.1) is 0 Å². The Morgan fingerprint density at radius 2 is 2.04 bits per heavy atom. The van der Waals surface area contributed by atoms with Crippen LogP contribution in [0.25, 0.3) is 11.1 Å². The molecule has 1 heterocycles. The maximum atomic E-state index is 12.5. The summed E-state index contributed by atoms with van der Waals surface area (Å²) >= 11 is 4.80. The van der Waals surface area contributed by atoms with Gasteiger partial charge in [0.05, 0.1) is 6.21 Å². The fraction of sp³-hybridized carbons (Fsp3) is 0.0526. The lowest BCUT2D eigenvalue weighted by Gasteiger charge is -2.11. The molecule has 3 rings (SSSR count). The van der Waals surface area contributed by atoms with Crippen LogP contribution in [0.4, 0.5) is 5.69 Å². The molecule has 4 nitrogen and oxygen atoms in total. The number of carbonyl (C=O) groups excluding carboxylic acids is 1. The average molecular weight is 415 g/mol. The summed E-state index contributed by atoms with van der Waals surface area (Å²) in [4.78, 5) is 17.9. The van der Waals surface area contributed by atoms with Crippen LogP contribution in [0.5, 0.6) is 0 Å². The Balaban J connectivity index is 1.93. The molecule has 6 heteroatoms. The normalized spacial score (nSPS) is 10.8. The second kappa shape index (κ2) is 8.09. The van der Waals surface area contributed by atoms with Gasteiger partial charge in [-0.25, -0.2) is 0 Å². The van der Waals surface area contributed by atoms with Crippen molar-refractivity contribution in [3.63, 3.8) is 0 Å². The van der Waals surface area contributed by atoms with Crippen molar-refractivity contribution in [3.05, 3.63) is 74.9 Å². The molecule has 126 valence electrons. The number of anilines is 1. The minimum atomic E-state index is -0.133. The highest BCUT2D eigenvalue weighted by Crippen LogP contribution is 2.30. The van der Waals surface area contributed by atoms with Crippen LogP contribution in [-0.2, 0) is 4.84 Å². The van der Waals surface area contributed by atoms with Crippen molar-refractivity contribution in [2.75, 3.05) is 12.4 Å². The summed E-state index contributed by atoms with van der Waals surface area (Å²) in [6, 6.07) is 17.5. The Labute approximate surface area is 158 Å². The van der Waals surface area contributed by atoms with E-state index in [9.17, 15) is 4.79 Å². The zero-order chi connectivity index (χ0) is 17.6. The maximum Gasteiger partial charge on any atom is 0.266 e. The van der Waals surface area contributed by atoms with E-state index < -0.39 is 0 Å². The molecule has 0 fully saturated rings. The van der Waals surface area contributed by atoms with E-state index in [0.29, 0.717) is 4.88 Å². The third-order valence-corrected chi connectivity index (χ3v) is 5.34. The topological polar surface area (TPSA) is 50.7 Å². The fourth-order valence-corrected chi connectivity index (χ4v) is 3.83. The van der Waals surface area contributed by atoms with E-state index in [4.69, 9.17) is 4.84 Å². The highest BCUT2D eigenvalue weighted by Gasteiger charge is 2.14. The van der Waals surface area contributed by atoms with Gasteiger partial charge in [-0.15, -0.1) is 11.3 Å². The van der Waals surface area contributed by atoms with Crippen molar-refractivity contribution in [3.8, 4) is 11.1 Å². The van der Waals surface area contributed by atoms with E-state index in [0.717, 1.165) is 26.9 Å². The predicted octanol–water partition coefficient (Wildman–Crippen LogP) is 5.41. The molecule has 25 heavy (non-hydrogen) atoms. The molecule has 0 saturated heterocycles. The van der Waals surface area contributed by atoms with Gasteiger partial charge < -0.3 is 10.2 Å². The van der Waals surface area contributed by atoms with Crippen LogP contribution in [0.1, 0.15) is 15.2 Å². The van der Waals surface area contributed by atoms with Gasteiger partial charge >= 0.3 is 0 Å². The van der Waals surface area contributed by atoms with Gasteiger partial charge in [0.2, 0.25) is 0 Å². The third-order valence-electron chi connectivity index (χ3n) is 3.50. The zero-order valence-corrected chi connectivity index (χ0v) is 15.8. The molecular formula is C19H15BrN2O2S. The highest BCUT2D eigenvalue weighted by molar-refractivity contribution is 9.10. The predicted molar refractivity (Wildman–Crippen MR) is 106 cm³/mol. The number of halogens is 1. The van der Waals surface area contributed by atoms with Gasteiger partial charge in [-0.3, -0.25) is 4.79 Å². The Bertz CT molecular complexity index is 921. The van der Waals surface area contributed by atoms with Crippen LogP contribution >= 0.6 is 27.3 Å². The lowest BCUT2D eigenvalue weighted by molar-refractivity contribution is 0.103. The summed E-state index contributed by atoms with van der Waals surface area (Å²) in [7, 11) is 1.51. The molecule has 1 amide bonds. The van der Waals surface area contributed by atoms with Gasteiger partial charge in [0.15, 0.2) is 0 Å². The summed E-state index contributed by atoms with van der Waals surface area (Å²) in [5, 5.41) is 8.67. The molecule has 0 bridgehead atoms. The molecular weight excluding hydrogens is 400 g/mol. The van der Waals surface area contributed by atoms with Crippen molar-refractivity contribution in [1.29, 1.82) is 0 Å². The minimum absolute atomic E-state index is 0.133. The molecule has 3 aromatic rings. The van der Waals surface area contributed by atoms with E-state index in [1.807, 2.05) is 60.0 Å². The first-order chi connectivity index (χ1) is 12.2. The molecule has 0 saturated carbocycles. The SMILES string of the molecule is CON=Cc1cccc(-c2ccccc2NC(=O)c2sccc2Br)c1. The second-order valence-electron chi connectivity index (χ2n) is 5.14. The van der Waals surface area contributed by atoms with E-state index >= 15 is 0 Å². The number of nitrogens with zero attached hydrogens (tertiary/aromatic N) is 1. The number of rotatable bonds is 5.